The van der Waals surface area contributed by atoms with Crippen LogP contribution in [0.3, 0.4) is 0 Å². The average Bonchev–Trinajstić information content (AvgIpc) is 1.82. The van der Waals surface area contributed by atoms with Crippen LogP contribution in [0.25, 0.3) is 0 Å². The number of hydrogen-bond donors (Lipinski definition) is 1. The number of carbonyl (C=O) groups excluding carboxylic acids is 1. The van der Waals surface area contributed by atoms with E-state index < -0.39 is 11.7 Å². The monoisotopic (exact) mass is 170 g/mol. The zero-order valence-electron chi connectivity index (χ0n) is 7.68. The van der Waals surface area contributed by atoms with Gasteiger partial charge < -0.3 is 4.74 Å². The molecule has 0 spiro atoms. The summed E-state index contributed by atoms with van der Waals surface area (Å²) in [5, 5.41) is 2.30. The molecule has 0 saturated carbocycles. The lowest BCUT2D eigenvalue weighted by atomic mass is 10.2. The van der Waals surface area contributed by atoms with Gasteiger partial charge in [0.25, 0.3) is 0 Å². The number of hydrogen-bond acceptors (Lipinski definition) is 3. The molecule has 4 heteroatoms. The molecular weight excluding hydrogens is 156 g/mol. The third-order valence-corrected chi connectivity index (χ3v) is 0.836. The van der Waals surface area contributed by atoms with Crippen LogP contribution < -0.4 is 5.32 Å². The molecule has 0 aromatic carbocycles. The minimum atomic E-state index is -0.570. The van der Waals surface area contributed by atoms with Gasteiger partial charge in [0.15, 0.2) is 0 Å². The maximum absolute atomic E-state index is 10.9. The first-order valence-electron chi connectivity index (χ1n) is 3.51. The highest BCUT2D eigenvalue weighted by atomic mass is 16.6. The van der Waals surface area contributed by atoms with Crippen molar-refractivity contribution in [3.05, 3.63) is 12.4 Å². The lowest BCUT2D eigenvalue weighted by Crippen LogP contribution is -2.31. The molecule has 0 aliphatic heterocycles. The van der Waals surface area contributed by atoms with Crippen molar-refractivity contribution in [2.45, 2.75) is 26.4 Å². The van der Waals surface area contributed by atoms with E-state index in [9.17, 15) is 4.79 Å². The third kappa shape index (κ3) is 5.46. The van der Waals surface area contributed by atoms with Gasteiger partial charge in [-0.25, -0.2) is 9.79 Å². The highest BCUT2D eigenvalue weighted by Crippen LogP contribution is 2.06. The first kappa shape index (κ1) is 10.7. The zero-order valence-corrected chi connectivity index (χ0v) is 7.68. The minimum Gasteiger partial charge on any atom is -0.444 e. The number of nitrogens with one attached hydrogen (secondary N) is 1. The Morgan fingerprint density at radius 2 is 2.00 bits per heavy atom. The molecule has 0 fully saturated rings. The Bertz CT molecular complexity index is 204. The molecule has 0 aliphatic carbocycles. The standard InChI is InChI=1S/C8H14N2O2/c1-6(9-5)10-7(11)12-8(2,3)4/h1,5H2,2-4H3,(H,10,11). The van der Waals surface area contributed by atoms with Crippen LogP contribution in [0.15, 0.2) is 17.4 Å². The molecule has 0 saturated heterocycles. The fourth-order valence-electron chi connectivity index (χ4n) is 0.461. The van der Waals surface area contributed by atoms with Crippen molar-refractivity contribution >= 4 is 12.8 Å². The molecule has 12 heavy (non-hydrogen) atoms. The Labute approximate surface area is 72.3 Å². The second kappa shape index (κ2) is 3.90. The highest BCUT2D eigenvalue weighted by Gasteiger charge is 2.15. The number of carbonyl (C=O) groups is 1. The molecular formula is C8H14N2O2. The van der Waals surface area contributed by atoms with E-state index in [1.54, 1.807) is 20.8 Å². The topological polar surface area (TPSA) is 50.7 Å². The normalized spacial score (nSPS) is 10.2. The van der Waals surface area contributed by atoms with E-state index in [1.165, 1.54) is 0 Å². The van der Waals surface area contributed by atoms with Gasteiger partial charge in [0.1, 0.15) is 11.4 Å². The van der Waals surface area contributed by atoms with Gasteiger partial charge in [0, 0.05) is 0 Å². The number of nitrogens with zero attached hydrogens (tertiary/aromatic N) is 1. The van der Waals surface area contributed by atoms with Crippen LogP contribution in [0.2, 0.25) is 0 Å². The average molecular weight is 170 g/mol. The van der Waals surface area contributed by atoms with E-state index >= 15 is 0 Å². The minimum absolute atomic E-state index is 0.184. The zero-order chi connectivity index (χ0) is 9.78. The van der Waals surface area contributed by atoms with Gasteiger partial charge in [-0.1, -0.05) is 6.58 Å². The molecule has 0 unspecified atom stereocenters. The summed E-state index contributed by atoms with van der Waals surface area (Å²) in [6, 6.07) is 0. The number of amides is 1. The summed E-state index contributed by atoms with van der Waals surface area (Å²) in [7, 11) is 0. The largest absolute Gasteiger partial charge is 0.444 e. The van der Waals surface area contributed by atoms with Crippen molar-refractivity contribution in [3.8, 4) is 0 Å². The van der Waals surface area contributed by atoms with Gasteiger partial charge in [-0.3, -0.25) is 5.32 Å². The Kier molecular flexibility index (Phi) is 3.47. The molecule has 0 rings (SSSR count). The molecule has 68 valence electrons. The molecule has 0 aromatic rings. The van der Waals surface area contributed by atoms with E-state index in [2.05, 4.69) is 23.6 Å². The first-order valence-corrected chi connectivity index (χ1v) is 3.51. The predicted molar refractivity (Wildman–Crippen MR) is 48.1 cm³/mol. The van der Waals surface area contributed by atoms with Crippen LogP contribution in [-0.2, 0) is 4.74 Å². The summed E-state index contributed by atoms with van der Waals surface area (Å²) >= 11 is 0. The second-order valence-corrected chi connectivity index (χ2v) is 3.23. The summed E-state index contributed by atoms with van der Waals surface area (Å²) in [4.78, 5) is 14.3. The summed E-state index contributed by atoms with van der Waals surface area (Å²) < 4.78 is 4.91. The van der Waals surface area contributed by atoms with Crippen molar-refractivity contribution in [2.75, 3.05) is 0 Å². The van der Waals surface area contributed by atoms with E-state index in [0.29, 0.717) is 0 Å². The quantitative estimate of drug-likeness (QED) is 0.641. The van der Waals surface area contributed by atoms with Crippen molar-refractivity contribution in [1.29, 1.82) is 0 Å². The van der Waals surface area contributed by atoms with Crippen molar-refractivity contribution in [1.82, 2.24) is 5.32 Å². The fourth-order valence-corrected chi connectivity index (χ4v) is 0.461. The highest BCUT2D eigenvalue weighted by molar-refractivity contribution is 5.69. The number of rotatable bonds is 2. The number of alkyl carbamates (subject to hydrolysis) is 1. The predicted octanol–water partition coefficient (Wildman–Crippen LogP) is 1.68. The molecule has 0 aliphatic rings. The van der Waals surface area contributed by atoms with Crippen LogP contribution >= 0.6 is 0 Å². The van der Waals surface area contributed by atoms with Crippen LogP contribution in [0.1, 0.15) is 20.8 Å². The fraction of sp³-hybridized carbons (Fsp3) is 0.500. The summed E-state index contributed by atoms with van der Waals surface area (Å²) in [6.45, 7) is 11.9. The van der Waals surface area contributed by atoms with Gasteiger partial charge in [0.05, 0.1) is 0 Å². The van der Waals surface area contributed by atoms with E-state index in [0.717, 1.165) is 0 Å². The van der Waals surface area contributed by atoms with Crippen LogP contribution in [-0.4, -0.2) is 18.4 Å². The van der Waals surface area contributed by atoms with Crippen LogP contribution in [0.5, 0.6) is 0 Å². The van der Waals surface area contributed by atoms with E-state index in [1.807, 2.05) is 0 Å². The maximum atomic E-state index is 10.9. The van der Waals surface area contributed by atoms with E-state index in [4.69, 9.17) is 4.74 Å². The molecule has 4 nitrogen and oxygen atoms in total. The van der Waals surface area contributed by atoms with Crippen LogP contribution in [0, 0.1) is 0 Å². The molecule has 1 amide bonds. The second-order valence-electron chi connectivity index (χ2n) is 3.23. The SMILES string of the molecule is C=NC(=C)NC(=O)OC(C)(C)C. The van der Waals surface area contributed by atoms with Crippen molar-refractivity contribution in [2.24, 2.45) is 4.99 Å². The summed E-state index contributed by atoms with van der Waals surface area (Å²) in [6.07, 6.45) is -0.570. The van der Waals surface area contributed by atoms with Gasteiger partial charge in [-0.15, -0.1) is 0 Å². The summed E-state index contributed by atoms with van der Waals surface area (Å²) in [5.74, 6) is 0.184. The van der Waals surface area contributed by atoms with Crippen molar-refractivity contribution in [3.63, 3.8) is 0 Å². The van der Waals surface area contributed by atoms with Crippen LogP contribution in [0.4, 0.5) is 4.79 Å². The summed E-state index contributed by atoms with van der Waals surface area (Å²) in [5.41, 5.74) is -0.508. The van der Waals surface area contributed by atoms with E-state index in [-0.39, 0.29) is 5.82 Å². The third-order valence-electron chi connectivity index (χ3n) is 0.836. The van der Waals surface area contributed by atoms with Gasteiger partial charge >= 0.3 is 6.09 Å². The Morgan fingerprint density at radius 1 is 1.50 bits per heavy atom. The molecule has 0 heterocycles. The number of aliphatic imine (C=N–C) groups is 1. The lowest BCUT2D eigenvalue weighted by Gasteiger charge is -2.19. The molecule has 1 N–H and O–H groups in total. The Balaban J connectivity index is 3.91. The van der Waals surface area contributed by atoms with Gasteiger partial charge in [0.2, 0.25) is 0 Å². The van der Waals surface area contributed by atoms with Gasteiger partial charge in [-0.2, -0.15) is 0 Å². The molecule has 0 radical (unpaired) electrons. The van der Waals surface area contributed by atoms with Gasteiger partial charge in [-0.05, 0) is 27.5 Å². The molecule has 0 atom stereocenters. The Morgan fingerprint density at radius 3 is 2.33 bits per heavy atom. The number of ether oxygens (including phenoxy) is 1. The first-order chi connectivity index (χ1) is 5.35. The smallest absolute Gasteiger partial charge is 0.413 e. The molecule has 0 bridgehead atoms. The molecule has 0 aromatic heterocycles. The van der Waals surface area contributed by atoms with Crippen molar-refractivity contribution < 1.29 is 9.53 Å². The Hall–Kier alpha value is -1.32. The lowest BCUT2D eigenvalue weighted by molar-refractivity contribution is 0.0546. The maximum Gasteiger partial charge on any atom is 0.413 e.